The SMILES string of the molecule is Cc1nc(C)c(C(=O)N2CCCCC2c2cc(C(N)=O)n[nH]2)s1. The first-order valence-electron chi connectivity index (χ1n) is 7.57. The molecule has 2 amide bonds. The maximum atomic E-state index is 12.9. The van der Waals surface area contributed by atoms with Gasteiger partial charge in [0.1, 0.15) is 10.6 Å². The smallest absolute Gasteiger partial charge is 0.269 e. The van der Waals surface area contributed by atoms with E-state index in [1.165, 1.54) is 11.3 Å². The highest BCUT2D eigenvalue weighted by molar-refractivity contribution is 7.13. The Balaban J connectivity index is 1.90. The second-order valence-electron chi connectivity index (χ2n) is 5.73. The van der Waals surface area contributed by atoms with Crippen molar-refractivity contribution < 1.29 is 9.59 Å². The van der Waals surface area contributed by atoms with E-state index in [-0.39, 0.29) is 17.6 Å². The summed E-state index contributed by atoms with van der Waals surface area (Å²) in [5.74, 6) is -0.580. The van der Waals surface area contributed by atoms with Crippen LogP contribution in [0.2, 0.25) is 0 Å². The number of primary amides is 1. The van der Waals surface area contributed by atoms with Crippen LogP contribution in [-0.4, -0.2) is 38.4 Å². The fourth-order valence-electron chi connectivity index (χ4n) is 2.99. The van der Waals surface area contributed by atoms with Gasteiger partial charge in [-0.1, -0.05) is 0 Å². The molecule has 3 heterocycles. The minimum absolute atomic E-state index is 0.00646. The van der Waals surface area contributed by atoms with Crippen LogP contribution in [-0.2, 0) is 0 Å². The van der Waals surface area contributed by atoms with Gasteiger partial charge in [0, 0.05) is 6.54 Å². The molecule has 1 saturated heterocycles. The van der Waals surface area contributed by atoms with Crippen molar-refractivity contribution in [2.45, 2.75) is 39.2 Å². The minimum Gasteiger partial charge on any atom is -0.364 e. The highest BCUT2D eigenvalue weighted by atomic mass is 32.1. The van der Waals surface area contributed by atoms with Gasteiger partial charge in [0.05, 0.1) is 22.4 Å². The summed E-state index contributed by atoms with van der Waals surface area (Å²) in [4.78, 5) is 31.0. The summed E-state index contributed by atoms with van der Waals surface area (Å²) in [6.45, 7) is 4.44. The topological polar surface area (TPSA) is 105 Å². The van der Waals surface area contributed by atoms with E-state index in [9.17, 15) is 9.59 Å². The highest BCUT2D eigenvalue weighted by Crippen LogP contribution is 2.33. The van der Waals surface area contributed by atoms with E-state index in [1.54, 1.807) is 6.07 Å². The average Bonchev–Trinajstić information content (AvgIpc) is 3.13. The van der Waals surface area contributed by atoms with Crippen LogP contribution in [0.15, 0.2) is 6.07 Å². The number of rotatable bonds is 3. The number of aromatic nitrogens is 3. The molecule has 23 heavy (non-hydrogen) atoms. The summed E-state index contributed by atoms with van der Waals surface area (Å²) in [5.41, 5.74) is 6.98. The molecule has 8 heteroatoms. The van der Waals surface area contributed by atoms with Crippen LogP contribution in [0, 0.1) is 13.8 Å². The van der Waals surface area contributed by atoms with Gasteiger partial charge in [0.2, 0.25) is 0 Å². The number of nitrogens with two attached hydrogens (primary N) is 1. The Labute approximate surface area is 137 Å². The lowest BCUT2D eigenvalue weighted by atomic mass is 9.98. The Hall–Kier alpha value is -2.22. The van der Waals surface area contributed by atoms with Crippen LogP contribution in [0.25, 0.3) is 0 Å². The average molecular weight is 333 g/mol. The first-order valence-corrected chi connectivity index (χ1v) is 8.39. The van der Waals surface area contributed by atoms with E-state index < -0.39 is 5.91 Å². The van der Waals surface area contributed by atoms with Crippen LogP contribution < -0.4 is 5.73 Å². The Morgan fingerprint density at radius 1 is 1.39 bits per heavy atom. The number of hydrogen-bond acceptors (Lipinski definition) is 5. The van der Waals surface area contributed by atoms with Gasteiger partial charge in [-0.25, -0.2) is 4.98 Å². The number of piperidine rings is 1. The number of hydrogen-bond donors (Lipinski definition) is 2. The molecule has 1 aliphatic heterocycles. The van der Waals surface area contributed by atoms with E-state index in [0.717, 1.165) is 35.7 Å². The Morgan fingerprint density at radius 3 is 2.78 bits per heavy atom. The molecule has 0 saturated carbocycles. The number of thiazole rings is 1. The lowest BCUT2D eigenvalue weighted by Crippen LogP contribution is -2.38. The van der Waals surface area contributed by atoms with Crippen LogP contribution in [0.5, 0.6) is 0 Å². The lowest BCUT2D eigenvalue weighted by molar-refractivity contribution is 0.0610. The van der Waals surface area contributed by atoms with Gasteiger partial charge in [-0.05, 0) is 39.2 Å². The van der Waals surface area contributed by atoms with Gasteiger partial charge in [-0.3, -0.25) is 14.7 Å². The third kappa shape index (κ3) is 2.98. The largest absolute Gasteiger partial charge is 0.364 e. The van der Waals surface area contributed by atoms with Crippen molar-refractivity contribution in [3.63, 3.8) is 0 Å². The zero-order valence-corrected chi connectivity index (χ0v) is 13.9. The van der Waals surface area contributed by atoms with Crippen molar-refractivity contribution in [1.29, 1.82) is 0 Å². The molecule has 0 aliphatic carbocycles. The predicted octanol–water partition coefficient (Wildman–Crippen LogP) is 1.95. The molecule has 0 bridgehead atoms. The standard InChI is InChI=1S/C15H19N5O2S/c1-8-13(23-9(2)17-8)15(22)20-6-4-3-5-12(20)10-7-11(14(16)21)19-18-10/h7,12H,3-6H2,1-2H3,(H2,16,21)(H,18,19). The molecule has 0 radical (unpaired) electrons. The fraction of sp³-hybridized carbons (Fsp3) is 0.467. The minimum atomic E-state index is -0.574. The number of aryl methyl sites for hydroxylation is 2. The number of carbonyl (C=O) groups is 2. The monoisotopic (exact) mass is 333 g/mol. The second kappa shape index (κ2) is 6.11. The number of nitrogens with zero attached hydrogens (tertiary/aromatic N) is 3. The molecule has 7 nitrogen and oxygen atoms in total. The molecular weight excluding hydrogens is 314 g/mol. The van der Waals surface area contributed by atoms with Crippen molar-refractivity contribution in [3.8, 4) is 0 Å². The summed E-state index contributed by atoms with van der Waals surface area (Å²) < 4.78 is 0. The maximum absolute atomic E-state index is 12.9. The molecule has 3 N–H and O–H groups in total. The second-order valence-corrected chi connectivity index (χ2v) is 6.93. The Morgan fingerprint density at radius 2 is 2.17 bits per heavy atom. The molecule has 1 fully saturated rings. The van der Waals surface area contributed by atoms with E-state index in [2.05, 4.69) is 15.2 Å². The molecule has 1 unspecified atom stereocenters. The number of amides is 2. The van der Waals surface area contributed by atoms with E-state index in [4.69, 9.17) is 5.73 Å². The zero-order chi connectivity index (χ0) is 16.6. The molecule has 2 aromatic rings. The lowest BCUT2D eigenvalue weighted by Gasteiger charge is -2.34. The summed E-state index contributed by atoms with van der Waals surface area (Å²) >= 11 is 1.42. The molecule has 2 aromatic heterocycles. The van der Waals surface area contributed by atoms with Crippen LogP contribution in [0.1, 0.15) is 61.9 Å². The summed E-state index contributed by atoms with van der Waals surface area (Å²) in [6, 6.07) is 1.53. The molecular formula is C15H19N5O2S. The Bertz CT molecular complexity index is 751. The molecule has 0 spiro atoms. The van der Waals surface area contributed by atoms with Gasteiger partial charge in [0.15, 0.2) is 0 Å². The first-order chi connectivity index (χ1) is 11.0. The number of carbonyl (C=O) groups excluding carboxylic acids is 2. The summed E-state index contributed by atoms with van der Waals surface area (Å²) in [5, 5.41) is 7.67. The van der Waals surface area contributed by atoms with E-state index in [0.29, 0.717) is 11.4 Å². The normalized spacial score (nSPS) is 18.2. The van der Waals surface area contributed by atoms with Crippen molar-refractivity contribution >= 4 is 23.2 Å². The number of aromatic amines is 1. The quantitative estimate of drug-likeness (QED) is 0.895. The molecule has 0 aromatic carbocycles. The van der Waals surface area contributed by atoms with Gasteiger partial charge < -0.3 is 10.6 Å². The molecule has 122 valence electrons. The third-order valence-electron chi connectivity index (χ3n) is 4.07. The molecule has 1 aliphatic rings. The fourth-order valence-corrected chi connectivity index (χ4v) is 3.87. The number of likely N-dealkylation sites (tertiary alicyclic amines) is 1. The number of H-pyrrole nitrogens is 1. The maximum Gasteiger partial charge on any atom is 0.269 e. The van der Waals surface area contributed by atoms with Crippen molar-refractivity contribution in [3.05, 3.63) is 33.0 Å². The third-order valence-corrected chi connectivity index (χ3v) is 5.13. The van der Waals surface area contributed by atoms with Gasteiger partial charge in [-0.15, -0.1) is 11.3 Å². The highest BCUT2D eigenvalue weighted by Gasteiger charge is 2.32. The number of nitrogens with one attached hydrogen (secondary N) is 1. The van der Waals surface area contributed by atoms with Crippen LogP contribution >= 0.6 is 11.3 Å². The van der Waals surface area contributed by atoms with Gasteiger partial charge >= 0.3 is 0 Å². The van der Waals surface area contributed by atoms with Crippen LogP contribution in [0.3, 0.4) is 0 Å². The summed E-state index contributed by atoms with van der Waals surface area (Å²) in [7, 11) is 0. The first kappa shape index (κ1) is 15.7. The zero-order valence-electron chi connectivity index (χ0n) is 13.1. The van der Waals surface area contributed by atoms with Gasteiger partial charge in [-0.2, -0.15) is 5.10 Å². The van der Waals surface area contributed by atoms with Crippen molar-refractivity contribution in [2.75, 3.05) is 6.54 Å². The van der Waals surface area contributed by atoms with Crippen LogP contribution in [0.4, 0.5) is 0 Å². The summed E-state index contributed by atoms with van der Waals surface area (Å²) in [6.07, 6.45) is 2.83. The predicted molar refractivity (Wildman–Crippen MR) is 86.3 cm³/mol. The van der Waals surface area contributed by atoms with E-state index in [1.807, 2.05) is 18.7 Å². The Kier molecular flexibility index (Phi) is 4.16. The van der Waals surface area contributed by atoms with E-state index >= 15 is 0 Å². The van der Waals surface area contributed by atoms with Gasteiger partial charge in [0.25, 0.3) is 11.8 Å². The van der Waals surface area contributed by atoms with Crippen molar-refractivity contribution in [1.82, 2.24) is 20.1 Å². The molecule has 1 atom stereocenters. The van der Waals surface area contributed by atoms with Crippen molar-refractivity contribution in [2.24, 2.45) is 5.73 Å². The molecule has 3 rings (SSSR count).